The summed E-state index contributed by atoms with van der Waals surface area (Å²) in [6.07, 6.45) is 5.64. The van der Waals surface area contributed by atoms with Crippen LogP contribution in [-0.4, -0.2) is 19.6 Å². The lowest BCUT2D eigenvalue weighted by atomic mass is 10.0. The maximum Gasteiger partial charge on any atom is 0.0417 e. The first-order valence-electron chi connectivity index (χ1n) is 7.32. The van der Waals surface area contributed by atoms with Crippen molar-refractivity contribution in [3.8, 4) is 0 Å². The Hall–Kier alpha value is -1.02. The fraction of sp³-hybridized carbons (Fsp3) is 0.625. The highest BCUT2D eigenvalue weighted by molar-refractivity contribution is 5.56. The van der Waals surface area contributed by atoms with E-state index in [0.717, 1.165) is 12.0 Å². The van der Waals surface area contributed by atoms with E-state index in [-0.39, 0.29) is 0 Å². The number of hydrogen-bond donors (Lipinski definition) is 1. The Labute approximate surface area is 110 Å². The summed E-state index contributed by atoms with van der Waals surface area (Å²) >= 11 is 0. The van der Waals surface area contributed by atoms with Crippen LogP contribution in [-0.2, 0) is 0 Å². The first-order chi connectivity index (χ1) is 8.79. The molecule has 0 spiro atoms. The van der Waals surface area contributed by atoms with Gasteiger partial charge in [-0.2, -0.15) is 0 Å². The minimum atomic E-state index is 0.432. The standard InChI is InChI=1S/C16H24N2/c1-12(17-2)15-5-3-4-6-16(15)18(14-9-10-14)11-13-7-8-13/h3-6,12-14,17H,7-11H2,1-2H3. The van der Waals surface area contributed by atoms with E-state index in [0.29, 0.717) is 6.04 Å². The number of para-hydroxylation sites is 1. The predicted molar refractivity (Wildman–Crippen MR) is 77.0 cm³/mol. The van der Waals surface area contributed by atoms with Crippen molar-refractivity contribution in [3.63, 3.8) is 0 Å². The summed E-state index contributed by atoms with van der Waals surface area (Å²) in [4.78, 5) is 2.68. The Balaban J connectivity index is 1.87. The summed E-state index contributed by atoms with van der Waals surface area (Å²) in [6.45, 7) is 3.53. The van der Waals surface area contributed by atoms with Crippen molar-refractivity contribution in [2.24, 2.45) is 5.92 Å². The lowest BCUT2D eigenvalue weighted by molar-refractivity contribution is 0.640. The molecule has 0 heterocycles. The molecule has 1 atom stereocenters. The highest BCUT2D eigenvalue weighted by Crippen LogP contribution is 2.39. The monoisotopic (exact) mass is 244 g/mol. The molecule has 18 heavy (non-hydrogen) atoms. The number of rotatable bonds is 6. The normalized spacial score (nSPS) is 20.8. The lowest BCUT2D eigenvalue weighted by Gasteiger charge is -2.29. The van der Waals surface area contributed by atoms with Crippen LogP contribution in [0.3, 0.4) is 0 Å². The Morgan fingerprint density at radius 2 is 1.94 bits per heavy atom. The molecule has 2 nitrogen and oxygen atoms in total. The van der Waals surface area contributed by atoms with Gasteiger partial charge in [-0.1, -0.05) is 18.2 Å². The van der Waals surface area contributed by atoms with Gasteiger partial charge in [-0.05, 0) is 57.2 Å². The van der Waals surface area contributed by atoms with Gasteiger partial charge >= 0.3 is 0 Å². The first kappa shape index (κ1) is 12.0. The van der Waals surface area contributed by atoms with E-state index < -0.39 is 0 Å². The molecular weight excluding hydrogens is 220 g/mol. The molecule has 0 aliphatic heterocycles. The summed E-state index contributed by atoms with van der Waals surface area (Å²) in [5, 5.41) is 3.38. The summed E-state index contributed by atoms with van der Waals surface area (Å²) in [5.74, 6) is 0.962. The fourth-order valence-electron chi connectivity index (χ4n) is 2.68. The topological polar surface area (TPSA) is 15.3 Å². The van der Waals surface area contributed by atoms with Gasteiger partial charge in [-0.25, -0.2) is 0 Å². The maximum absolute atomic E-state index is 3.38. The Morgan fingerprint density at radius 1 is 1.22 bits per heavy atom. The molecule has 1 unspecified atom stereocenters. The number of anilines is 1. The van der Waals surface area contributed by atoms with Crippen LogP contribution in [0.5, 0.6) is 0 Å². The molecule has 2 saturated carbocycles. The molecule has 0 aromatic heterocycles. The van der Waals surface area contributed by atoms with Crippen LogP contribution >= 0.6 is 0 Å². The van der Waals surface area contributed by atoms with Gasteiger partial charge in [0.25, 0.3) is 0 Å². The zero-order chi connectivity index (χ0) is 12.5. The van der Waals surface area contributed by atoms with Crippen LogP contribution < -0.4 is 10.2 Å². The van der Waals surface area contributed by atoms with Crippen molar-refractivity contribution in [2.45, 2.75) is 44.7 Å². The molecule has 0 bridgehead atoms. The van der Waals surface area contributed by atoms with E-state index in [2.05, 4.69) is 41.4 Å². The maximum atomic E-state index is 3.38. The third-order valence-electron chi connectivity index (χ3n) is 4.29. The minimum Gasteiger partial charge on any atom is -0.368 e. The Kier molecular flexibility index (Phi) is 3.29. The third kappa shape index (κ3) is 2.54. The van der Waals surface area contributed by atoms with E-state index >= 15 is 0 Å². The van der Waals surface area contributed by atoms with Gasteiger partial charge < -0.3 is 10.2 Å². The molecule has 1 N–H and O–H groups in total. The second-order valence-corrected chi connectivity index (χ2v) is 5.90. The minimum absolute atomic E-state index is 0.432. The molecular formula is C16H24N2. The quantitative estimate of drug-likeness (QED) is 0.825. The van der Waals surface area contributed by atoms with Crippen LogP contribution in [0.25, 0.3) is 0 Å². The second-order valence-electron chi connectivity index (χ2n) is 5.90. The zero-order valence-electron chi connectivity index (χ0n) is 11.5. The first-order valence-corrected chi connectivity index (χ1v) is 7.32. The molecule has 0 radical (unpaired) electrons. The van der Waals surface area contributed by atoms with Gasteiger partial charge in [0.1, 0.15) is 0 Å². The average molecular weight is 244 g/mol. The average Bonchev–Trinajstić information content (AvgIpc) is 3.28. The molecule has 1 aromatic rings. The summed E-state index contributed by atoms with van der Waals surface area (Å²) in [7, 11) is 2.05. The smallest absolute Gasteiger partial charge is 0.0417 e. The van der Waals surface area contributed by atoms with Gasteiger partial charge in [-0.15, -0.1) is 0 Å². The largest absolute Gasteiger partial charge is 0.368 e. The Bertz CT molecular complexity index is 407. The molecule has 2 fully saturated rings. The van der Waals surface area contributed by atoms with E-state index in [1.54, 1.807) is 0 Å². The highest BCUT2D eigenvalue weighted by Gasteiger charge is 2.34. The zero-order valence-corrected chi connectivity index (χ0v) is 11.5. The van der Waals surface area contributed by atoms with E-state index in [1.165, 1.54) is 43.5 Å². The number of nitrogens with one attached hydrogen (secondary N) is 1. The van der Waals surface area contributed by atoms with Crippen molar-refractivity contribution in [1.82, 2.24) is 5.32 Å². The highest BCUT2D eigenvalue weighted by atomic mass is 15.2. The molecule has 0 saturated heterocycles. The molecule has 2 aliphatic carbocycles. The van der Waals surface area contributed by atoms with Crippen LogP contribution in [0.15, 0.2) is 24.3 Å². The molecule has 98 valence electrons. The van der Waals surface area contributed by atoms with Gasteiger partial charge in [0, 0.05) is 24.3 Å². The van der Waals surface area contributed by atoms with Crippen molar-refractivity contribution >= 4 is 5.69 Å². The Morgan fingerprint density at radius 3 is 2.56 bits per heavy atom. The van der Waals surface area contributed by atoms with E-state index in [1.807, 2.05) is 7.05 Å². The van der Waals surface area contributed by atoms with Crippen molar-refractivity contribution < 1.29 is 0 Å². The van der Waals surface area contributed by atoms with Crippen molar-refractivity contribution in [1.29, 1.82) is 0 Å². The summed E-state index contributed by atoms with van der Waals surface area (Å²) in [6, 6.07) is 10.2. The van der Waals surface area contributed by atoms with E-state index in [9.17, 15) is 0 Å². The van der Waals surface area contributed by atoms with Gasteiger partial charge in [0.2, 0.25) is 0 Å². The molecule has 0 amide bonds. The van der Waals surface area contributed by atoms with Crippen LogP contribution in [0.1, 0.15) is 44.2 Å². The van der Waals surface area contributed by atoms with E-state index in [4.69, 9.17) is 0 Å². The fourth-order valence-corrected chi connectivity index (χ4v) is 2.68. The van der Waals surface area contributed by atoms with Gasteiger partial charge in [0.05, 0.1) is 0 Å². The molecule has 1 aromatic carbocycles. The number of hydrogen-bond acceptors (Lipinski definition) is 2. The van der Waals surface area contributed by atoms with Gasteiger partial charge in [-0.3, -0.25) is 0 Å². The second kappa shape index (κ2) is 4.93. The number of nitrogens with zero attached hydrogens (tertiary/aromatic N) is 1. The van der Waals surface area contributed by atoms with Crippen LogP contribution in [0, 0.1) is 5.92 Å². The predicted octanol–water partition coefficient (Wildman–Crippen LogP) is 3.35. The molecule has 2 aliphatic rings. The number of benzene rings is 1. The van der Waals surface area contributed by atoms with Gasteiger partial charge in [0.15, 0.2) is 0 Å². The van der Waals surface area contributed by atoms with Crippen LogP contribution in [0.4, 0.5) is 5.69 Å². The third-order valence-corrected chi connectivity index (χ3v) is 4.29. The summed E-state index contributed by atoms with van der Waals surface area (Å²) in [5.41, 5.74) is 2.92. The molecule has 3 rings (SSSR count). The summed E-state index contributed by atoms with van der Waals surface area (Å²) < 4.78 is 0. The SMILES string of the molecule is CNC(C)c1ccccc1N(CC1CC1)C1CC1. The van der Waals surface area contributed by atoms with Crippen molar-refractivity contribution in [2.75, 3.05) is 18.5 Å². The van der Waals surface area contributed by atoms with Crippen LogP contribution in [0.2, 0.25) is 0 Å². The van der Waals surface area contributed by atoms with Crippen molar-refractivity contribution in [3.05, 3.63) is 29.8 Å². The molecule has 2 heteroatoms. The lowest BCUT2D eigenvalue weighted by Crippen LogP contribution is -2.30.